The average molecular weight is 388 g/mol. The van der Waals surface area contributed by atoms with Gasteiger partial charge in [0.15, 0.2) is 0 Å². The van der Waals surface area contributed by atoms with Crippen LogP contribution in [0.5, 0.6) is 0 Å². The average Bonchev–Trinajstić information content (AvgIpc) is 3.02. The molecule has 1 saturated heterocycles. The third kappa shape index (κ3) is 6.35. The minimum absolute atomic E-state index is 0.0686. The zero-order valence-corrected chi connectivity index (χ0v) is 18.3. The molecule has 0 aromatic rings. The van der Waals surface area contributed by atoms with Crippen molar-refractivity contribution in [1.82, 2.24) is 4.90 Å². The van der Waals surface area contributed by atoms with E-state index in [4.69, 9.17) is 4.74 Å². The molecule has 1 aliphatic carbocycles. The summed E-state index contributed by atoms with van der Waals surface area (Å²) < 4.78 is 5.20. The van der Waals surface area contributed by atoms with Gasteiger partial charge in [-0.1, -0.05) is 48.8 Å². The van der Waals surface area contributed by atoms with Crippen molar-refractivity contribution in [3.63, 3.8) is 0 Å². The minimum atomic E-state index is -0.475. The maximum atomic E-state index is 13.3. The third-order valence-electron chi connectivity index (χ3n) is 5.96. The van der Waals surface area contributed by atoms with E-state index in [1.165, 1.54) is 21.6 Å². The lowest BCUT2D eigenvalue weighted by molar-refractivity contribution is -0.134. The highest BCUT2D eigenvalue weighted by Gasteiger charge is 2.41. The lowest BCUT2D eigenvalue weighted by Crippen LogP contribution is -2.44. The van der Waals surface area contributed by atoms with Crippen molar-refractivity contribution in [1.29, 1.82) is 0 Å². The summed E-state index contributed by atoms with van der Waals surface area (Å²) in [6.07, 6.45) is 12.9. The summed E-state index contributed by atoms with van der Waals surface area (Å²) >= 11 is 0. The van der Waals surface area contributed by atoms with Gasteiger partial charge in [-0.25, -0.2) is 9.69 Å². The number of carbonyl (C=O) groups excluding carboxylic acids is 2. The van der Waals surface area contributed by atoms with Crippen molar-refractivity contribution < 1.29 is 14.3 Å². The van der Waals surface area contributed by atoms with Gasteiger partial charge in [0.2, 0.25) is 5.91 Å². The molecule has 156 valence electrons. The zero-order valence-electron chi connectivity index (χ0n) is 18.3. The fourth-order valence-electron chi connectivity index (χ4n) is 3.86. The number of ether oxygens (including phenoxy) is 1. The second-order valence-electron chi connectivity index (χ2n) is 8.80. The smallest absolute Gasteiger partial charge is 0.416 e. The van der Waals surface area contributed by atoms with Crippen LogP contribution in [0, 0.1) is 11.8 Å². The van der Waals surface area contributed by atoms with E-state index in [1.807, 2.05) is 13.8 Å². The maximum Gasteiger partial charge on any atom is 0.416 e. The summed E-state index contributed by atoms with van der Waals surface area (Å²) in [5.41, 5.74) is 4.09. The molecule has 2 aliphatic rings. The van der Waals surface area contributed by atoms with E-state index in [0.717, 1.165) is 38.5 Å². The first-order valence-corrected chi connectivity index (χ1v) is 10.8. The Hall–Kier alpha value is -1.84. The highest BCUT2D eigenvalue weighted by molar-refractivity contribution is 5.94. The lowest BCUT2D eigenvalue weighted by atomic mass is 9.92. The van der Waals surface area contributed by atoms with Crippen LogP contribution in [0.4, 0.5) is 4.79 Å². The summed E-state index contributed by atoms with van der Waals surface area (Å²) in [5.74, 6) is -0.0471. The number of carbonyl (C=O) groups is 2. The van der Waals surface area contributed by atoms with Gasteiger partial charge in [-0.2, -0.15) is 0 Å². The van der Waals surface area contributed by atoms with Crippen molar-refractivity contribution in [3.8, 4) is 0 Å². The van der Waals surface area contributed by atoms with Crippen LogP contribution < -0.4 is 0 Å². The Labute approximate surface area is 170 Å². The predicted octanol–water partition coefficient (Wildman–Crippen LogP) is 6.19. The molecule has 2 rings (SSSR count). The molecule has 0 spiro atoms. The number of nitrogens with zero attached hydrogens (tertiary/aromatic N) is 1. The molecule has 0 radical (unpaired) electrons. The van der Waals surface area contributed by atoms with Gasteiger partial charge in [0, 0.05) is 5.92 Å². The molecule has 1 heterocycles. The van der Waals surface area contributed by atoms with Crippen LogP contribution in [-0.2, 0) is 9.53 Å². The number of rotatable bonds is 2. The Morgan fingerprint density at radius 1 is 1.00 bits per heavy atom. The fourth-order valence-corrected chi connectivity index (χ4v) is 3.86. The molecule has 0 N–H and O–H groups in total. The van der Waals surface area contributed by atoms with Gasteiger partial charge in [-0.3, -0.25) is 4.79 Å². The molecular formula is C24H37NO3. The second kappa shape index (κ2) is 10.6. The van der Waals surface area contributed by atoms with Crippen LogP contribution in [0.25, 0.3) is 0 Å². The second-order valence-corrected chi connectivity index (χ2v) is 8.80. The van der Waals surface area contributed by atoms with Gasteiger partial charge in [-0.05, 0) is 71.6 Å². The van der Waals surface area contributed by atoms with Gasteiger partial charge in [-0.15, -0.1) is 0 Å². The van der Waals surface area contributed by atoms with E-state index in [-0.39, 0.29) is 23.8 Å². The predicted molar refractivity (Wildman–Crippen MR) is 114 cm³/mol. The van der Waals surface area contributed by atoms with E-state index in [9.17, 15) is 9.59 Å². The summed E-state index contributed by atoms with van der Waals surface area (Å²) in [6.45, 7) is 10.9. The fraction of sp³-hybridized carbons (Fsp3) is 0.667. The van der Waals surface area contributed by atoms with Crippen LogP contribution in [0.15, 0.2) is 34.9 Å². The van der Waals surface area contributed by atoms with E-state index in [2.05, 4.69) is 39.0 Å². The van der Waals surface area contributed by atoms with Crippen LogP contribution >= 0.6 is 0 Å². The first kappa shape index (κ1) is 22.4. The topological polar surface area (TPSA) is 46.6 Å². The maximum absolute atomic E-state index is 13.3. The van der Waals surface area contributed by atoms with E-state index >= 15 is 0 Å². The molecule has 0 aromatic carbocycles. The molecule has 1 fully saturated rings. The van der Waals surface area contributed by atoms with E-state index in [0.29, 0.717) is 13.0 Å². The Morgan fingerprint density at radius 3 is 2.18 bits per heavy atom. The number of allylic oxidation sites excluding steroid dienone is 6. The minimum Gasteiger partial charge on any atom is -0.447 e. The molecule has 4 nitrogen and oxygen atoms in total. The SMILES string of the molecule is C/C1=C\CC/C(C)=C/C[C@@H](C(=O)N2C(=O)OC[C@H]2C(C)C)CC/C(C)=C/CC1. The quantitative estimate of drug-likeness (QED) is 0.531. The molecule has 0 unspecified atom stereocenters. The third-order valence-corrected chi connectivity index (χ3v) is 5.96. The molecule has 28 heavy (non-hydrogen) atoms. The number of hydrogen-bond acceptors (Lipinski definition) is 3. The molecule has 1 aliphatic heterocycles. The molecule has 0 saturated carbocycles. The van der Waals surface area contributed by atoms with Crippen LogP contribution in [0.3, 0.4) is 0 Å². The molecular weight excluding hydrogens is 350 g/mol. The van der Waals surface area contributed by atoms with Gasteiger partial charge in [0.05, 0.1) is 6.04 Å². The standard InChI is InChI=1S/C24H37NO3/c1-17(2)22-16-28-24(27)25(22)23(26)21-14-12-19(4)10-6-8-18(3)9-7-11-20(5)13-15-21/h8,11-12,17,21-22H,6-7,9-10,13-16H2,1-5H3/b18-8+,19-12+,20-11+/t21-,22+/m1/s1. The Bertz CT molecular complexity index is 657. The highest BCUT2D eigenvalue weighted by atomic mass is 16.6. The number of cyclic esters (lactones) is 1. The molecule has 4 heteroatoms. The molecule has 2 amide bonds. The largest absolute Gasteiger partial charge is 0.447 e. The van der Waals surface area contributed by atoms with Crippen molar-refractivity contribution in [3.05, 3.63) is 34.9 Å². The Kier molecular flexibility index (Phi) is 8.53. The van der Waals surface area contributed by atoms with E-state index in [1.54, 1.807) is 0 Å². The Morgan fingerprint density at radius 2 is 1.57 bits per heavy atom. The lowest BCUT2D eigenvalue weighted by Gasteiger charge is -2.26. The summed E-state index contributed by atoms with van der Waals surface area (Å²) in [4.78, 5) is 26.9. The van der Waals surface area contributed by atoms with E-state index < -0.39 is 6.09 Å². The van der Waals surface area contributed by atoms with Crippen LogP contribution in [-0.4, -0.2) is 29.5 Å². The summed E-state index contributed by atoms with van der Waals surface area (Å²) in [7, 11) is 0. The van der Waals surface area contributed by atoms with Crippen LogP contribution in [0.1, 0.15) is 79.6 Å². The molecule has 0 bridgehead atoms. The zero-order chi connectivity index (χ0) is 20.7. The van der Waals surface area contributed by atoms with Crippen molar-refractivity contribution in [2.75, 3.05) is 6.61 Å². The molecule has 0 aromatic heterocycles. The highest BCUT2D eigenvalue weighted by Crippen LogP contribution is 2.27. The molecule has 2 atom stereocenters. The van der Waals surface area contributed by atoms with Crippen molar-refractivity contribution >= 4 is 12.0 Å². The van der Waals surface area contributed by atoms with Crippen molar-refractivity contribution in [2.45, 2.75) is 85.6 Å². The first-order chi connectivity index (χ1) is 13.3. The first-order valence-electron chi connectivity index (χ1n) is 10.8. The van der Waals surface area contributed by atoms with Gasteiger partial charge in [0.25, 0.3) is 0 Å². The Balaban J connectivity index is 2.19. The number of imide groups is 1. The summed E-state index contributed by atoms with van der Waals surface area (Å²) in [6, 6.07) is -0.150. The number of amides is 2. The van der Waals surface area contributed by atoms with Gasteiger partial charge >= 0.3 is 6.09 Å². The van der Waals surface area contributed by atoms with Gasteiger partial charge < -0.3 is 4.74 Å². The normalized spacial score (nSPS) is 31.1. The van der Waals surface area contributed by atoms with Crippen molar-refractivity contribution in [2.24, 2.45) is 11.8 Å². The number of hydrogen-bond donors (Lipinski definition) is 0. The van der Waals surface area contributed by atoms with Gasteiger partial charge in [0.1, 0.15) is 6.61 Å². The summed E-state index contributed by atoms with van der Waals surface area (Å²) in [5, 5.41) is 0. The monoisotopic (exact) mass is 387 g/mol. The van der Waals surface area contributed by atoms with Crippen LogP contribution in [0.2, 0.25) is 0 Å².